The van der Waals surface area contributed by atoms with Gasteiger partial charge in [-0.05, 0) is 40.5 Å². The number of aliphatic hydroxyl groups is 1. The fourth-order valence-corrected chi connectivity index (χ4v) is 1.89. The normalized spacial score (nSPS) is 12.7. The first kappa shape index (κ1) is 10.4. The van der Waals surface area contributed by atoms with Crippen LogP contribution in [-0.4, -0.2) is 10.1 Å². The van der Waals surface area contributed by atoms with E-state index in [0.717, 1.165) is 11.1 Å². The van der Waals surface area contributed by atoms with Crippen molar-refractivity contribution < 1.29 is 9.52 Å². The van der Waals surface area contributed by atoms with Crippen LogP contribution in [-0.2, 0) is 0 Å². The maximum Gasteiger partial charge on any atom is 0.175 e. The number of hydrogen-bond donors (Lipinski definition) is 1. The molecule has 1 unspecified atom stereocenters. The van der Waals surface area contributed by atoms with Crippen molar-refractivity contribution in [1.82, 2.24) is 4.98 Å². The minimum Gasteiger partial charge on any atom is -0.457 e. The van der Waals surface area contributed by atoms with Crippen molar-refractivity contribution in [2.45, 2.75) is 13.0 Å². The van der Waals surface area contributed by atoms with Gasteiger partial charge in [-0.25, -0.2) is 0 Å². The highest BCUT2D eigenvalue weighted by molar-refractivity contribution is 9.10. The Bertz CT molecular complexity index is 467. The number of hydrogen-bond acceptors (Lipinski definition) is 3. The topological polar surface area (TPSA) is 46.3 Å². The summed E-state index contributed by atoms with van der Waals surface area (Å²) in [7, 11) is 0. The predicted molar refractivity (Wildman–Crippen MR) is 59.4 cm³/mol. The highest BCUT2D eigenvalue weighted by Crippen LogP contribution is 2.30. The molecule has 15 heavy (non-hydrogen) atoms. The number of furan rings is 1. The number of halogens is 1. The molecule has 2 aromatic heterocycles. The number of aliphatic hydroxyl groups excluding tert-OH is 1. The average Bonchev–Trinajstić information content (AvgIpc) is 2.64. The maximum absolute atomic E-state index is 10.1. The van der Waals surface area contributed by atoms with Crippen molar-refractivity contribution in [3.8, 4) is 0 Å². The Morgan fingerprint density at radius 2 is 2.20 bits per heavy atom. The summed E-state index contributed by atoms with van der Waals surface area (Å²) in [6, 6.07) is 3.60. The van der Waals surface area contributed by atoms with E-state index in [4.69, 9.17) is 4.42 Å². The predicted octanol–water partition coefficient (Wildman–Crippen LogP) is 2.83. The fourth-order valence-electron chi connectivity index (χ4n) is 1.43. The van der Waals surface area contributed by atoms with E-state index < -0.39 is 6.10 Å². The lowest BCUT2D eigenvalue weighted by atomic mass is 10.0. The lowest BCUT2D eigenvalue weighted by Gasteiger charge is -2.11. The van der Waals surface area contributed by atoms with Crippen LogP contribution in [0.15, 0.2) is 39.9 Å². The van der Waals surface area contributed by atoms with Gasteiger partial charge >= 0.3 is 0 Å². The summed E-state index contributed by atoms with van der Waals surface area (Å²) in [4.78, 5) is 4.00. The van der Waals surface area contributed by atoms with Gasteiger partial charge in [-0.2, -0.15) is 0 Å². The Hall–Kier alpha value is -1.13. The SMILES string of the molecule is Cc1ccncc1C(O)c1ccoc1Br. The van der Waals surface area contributed by atoms with E-state index in [1.165, 1.54) is 6.26 Å². The third-order valence-corrected chi connectivity index (χ3v) is 2.96. The molecule has 2 heterocycles. The second-order valence-electron chi connectivity index (χ2n) is 3.28. The van der Waals surface area contributed by atoms with Gasteiger partial charge in [0.2, 0.25) is 0 Å². The van der Waals surface area contributed by atoms with Crippen LogP contribution >= 0.6 is 15.9 Å². The largest absolute Gasteiger partial charge is 0.457 e. The zero-order valence-electron chi connectivity index (χ0n) is 8.14. The van der Waals surface area contributed by atoms with Crippen LogP contribution in [0.5, 0.6) is 0 Å². The zero-order chi connectivity index (χ0) is 10.8. The van der Waals surface area contributed by atoms with E-state index in [2.05, 4.69) is 20.9 Å². The van der Waals surface area contributed by atoms with Crippen molar-refractivity contribution >= 4 is 15.9 Å². The third kappa shape index (κ3) is 1.96. The highest BCUT2D eigenvalue weighted by atomic mass is 79.9. The van der Waals surface area contributed by atoms with Crippen molar-refractivity contribution in [2.24, 2.45) is 0 Å². The Kier molecular flexibility index (Phi) is 2.88. The monoisotopic (exact) mass is 267 g/mol. The summed E-state index contributed by atoms with van der Waals surface area (Å²) in [5.74, 6) is 0. The van der Waals surface area contributed by atoms with E-state index in [1.54, 1.807) is 18.5 Å². The van der Waals surface area contributed by atoms with Crippen LogP contribution in [0.1, 0.15) is 22.8 Å². The summed E-state index contributed by atoms with van der Waals surface area (Å²) < 4.78 is 5.64. The Morgan fingerprint density at radius 1 is 1.40 bits per heavy atom. The van der Waals surface area contributed by atoms with Crippen LogP contribution in [0, 0.1) is 6.92 Å². The van der Waals surface area contributed by atoms with Crippen molar-refractivity contribution in [3.63, 3.8) is 0 Å². The van der Waals surface area contributed by atoms with Gasteiger partial charge in [-0.15, -0.1) is 0 Å². The summed E-state index contributed by atoms with van der Waals surface area (Å²) >= 11 is 3.24. The molecule has 0 aliphatic carbocycles. The lowest BCUT2D eigenvalue weighted by Crippen LogP contribution is -2.01. The number of nitrogens with zero attached hydrogens (tertiary/aromatic N) is 1. The molecule has 0 aliphatic rings. The molecule has 0 amide bonds. The smallest absolute Gasteiger partial charge is 0.175 e. The van der Waals surface area contributed by atoms with Crippen LogP contribution in [0.25, 0.3) is 0 Å². The summed E-state index contributed by atoms with van der Waals surface area (Å²) in [5.41, 5.74) is 2.51. The quantitative estimate of drug-likeness (QED) is 0.910. The van der Waals surface area contributed by atoms with E-state index >= 15 is 0 Å². The van der Waals surface area contributed by atoms with Gasteiger partial charge in [0.05, 0.1) is 6.26 Å². The number of aromatic nitrogens is 1. The van der Waals surface area contributed by atoms with Crippen LogP contribution in [0.2, 0.25) is 0 Å². The summed E-state index contributed by atoms with van der Waals surface area (Å²) in [5, 5.41) is 10.1. The molecule has 0 spiro atoms. The molecule has 0 saturated heterocycles. The van der Waals surface area contributed by atoms with Crippen LogP contribution in [0.4, 0.5) is 0 Å². The van der Waals surface area contributed by atoms with E-state index in [0.29, 0.717) is 10.2 Å². The third-order valence-electron chi connectivity index (χ3n) is 2.31. The van der Waals surface area contributed by atoms with Crippen molar-refractivity contribution in [3.05, 3.63) is 52.1 Å². The summed E-state index contributed by atoms with van der Waals surface area (Å²) in [6.07, 6.45) is 4.20. The molecule has 2 aromatic rings. The molecule has 0 aliphatic heterocycles. The molecular formula is C11H10BrNO2. The number of rotatable bonds is 2. The Labute approximate surface area is 95.9 Å². The van der Waals surface area contributed by atoms with E-state index in [1.807, 2.05) is 13.0 Å². The first-order chi connectivity index (χ1) is 7.20. The molecule has 78 valence electrons. The van der Waals surface area contributed by atoms with Gasteiger partial charge < -0.3 is 9.52 Å². The fraction of sp³-hybridized carbons (Fsp3) is 0.182. The van der Waals surface area contributed by atoms with Gasteiger partial charge in [-0.3, -0.25) is 4.98 Å². The van der Waals surface area contributed by atoms with Crippen molar-refractivity contribution in [2.75, 3.05) is 0 Å². The molecule has 0 saturated carbocycles. The zero-order valence-corrected chi connectivity index (χ0v) is 9.73. The van der Waals surface area contributed by atoms with Gasteiger partial charge in [-0.1, -0.05) is 0 Å². The van der Waals surface area contributed by atoms with Crippen LogP contribution < -0.4 is 0 Å². The minimum atomic E-state index is -0.702. The number of pyridine rings is 1. The van der Waals surface area contributed by atoms with Crippen molar-refractivity contribution in [1.29, 1.82) is 0 Å². The minimum absolute atomic E-state index is 0.554. The van der Waals surface area contributed by atoms with Gasteiger partial charge in [0.25, 0.3) is 0 Å². The Balaban J connectivity index is 2.41. The van der Waals surface area contributed by atoms with E-state index in [-0.39, 0.29) is 0 Å². The molecule has 1 atom stereocenters. The standard InChI is InChI=1S/C11H10BrNO2/c1-7-2-4-13-6-9(7)10(14)8-3-5-15-11(8)12/h2-6,10,14H,1H3. The van der Waals surface area contributed by atoms with E-state index in [9.17, 15) is 5.11 Å². The van der Waals surface area contributed by atoms with Crippen LogP contribution in [0.3, 0.4) is 0 Å². The molecule has 2 rings (SSSR count). The molecule has 0 fully saturated rings. The number of aryl methyl sites for hydroxylation is 1. The lowest BCUT2D eigenvalue weighted by molar-refractivity contribution is 0.216. The first-order valence-electron chi connectivity index (χ1n) is 4.51. The summed E-state index contributed by atoms with van der Waals surface area (Å²) in [6.45, 7) is 1.94. The molecule has 4 heteroatoms. The molecular weight excluding hydrogens is 258 g/mol. The van der Waals surface area contributed by atoms with Gasteiger partial charge in [0, 0.05) is 23.5 Å². The Morgan fingerprint density at radius 3 is 2.80 bits per heavy atom. The first-order valence-corrected chi connectivity index (χ1v) is 5.31. The maximum atomic E-state index is 10.1. The average molecular weight is 268 g/mol. The highest BCUT2D eigenvalue weighted by Gasteiger charge is 2.17. The second kappa shape index (κ2) is 4.16. The molecule has 3 nitrogen and oxygen atoms in total. The van der Waals surface area contributed by atoms with Gasteiger partial charge in [0.1, 0.15) is 6.10 Å². The second-order valence-corrected chi connectivity index (χ2v) is 4.00. The van der Waals surface area contributed by atoms with Gasteiger partial charge in [0.15, 0.2) is 4.67 Å². The molecule has 0 bridgehead atoms. The molecule has 0 radical (unpaired) electrons. The molecule has 1 N–H and O–H groups in total. The molecule has 0 aromatic carbocycles.